The van der Waals surface area contributed by atoms with Crippen LogP contribution >= 0.6 is 11.6 Å². The van der Waals surface area contributed by atoms with E-state index in [4.69, 9.17) is 11.6 Å². The second kappa shape index (κ2) is 7.19. The van der Waals surface area contributed by atoms with Gasteiger partial charge >= 0.3 is 6.03 Å². The van der Waals surface area contributed by atoms with E-state index in [9.17, 15) is 4.79 Å². The molecular formula is C18H17ClN4O. The Morgan fingerprint density at radius 3 is 2.79 bits per heavy atom. The predicted octanol–water partition coefficient (Wildman–Crippen LogP) is 4.54. The lowest BCUT2D eigenvalue weighted by atomic mass is 10.2. The Bertz CT molecular complexity index is 846. The zero-order valence-corrected chi connectivity index (χ0v) is 13.9. The van der Waals surface area contributed by atoms with Crippen LogP contribution in [0.4, 0.5) is 16.2 Å². The minimum atomic E-state index is -0.309. The van der Waals surface area contributed by atoms with Crippen LogP contribution in [0.15, 0.2) is 60.9 Å². The van der Waals surface area contributed by atoms with E-state index in [1.54, 1.807) is 18.3 Å². The quantitative estimate of drug-likeness (QED) is 0.732. The zero-order valence-electron chi connectivity index (χ0n) is 13.2. The minimum absolute atomic E-state index is 0.309. The smallest absolute Gasteiger partial charge is 0.308 e. The fraction of sp³-hybridized carbons (Fsp3) is 0.111. The van der Waals surface area contributed by atoms with Crippen molar-refractivity contribution in [3.63, 3.8) is 0 Å². The van der Waals surface area contributed by atoms with E-state index < -0.39 is 0 Å². The van der Waals surface area contributed by atoms with Crippen LogP contribution in [-0.2, 0) is 6.54 Å². The second-order valence-corrected chi connectivity index (χ2v) is 5.80. The van der Waals surface area contributed by atoms with Crippen LogP contribution in [0.3, 0.4) is 0 Å². The first-order chi connectivity index (χ1) is 11.6. The van der Waals surface area contributed by atoms with Gasteiger partial charge in [0.05, 0.1) is 6.54 Å². The Morgan fingerprint density at radius 2 is 2.00 bits per heavy atom. The number of nitrogens with zero attached hydrogens (tertiary/aromatic N) is 2. The first-order valence-corrected chi connectivity index (χ1v) is 7.89. The summed E-state index contributed by atoms with van der Waals surface area (Å²) in [6.07, 6.45) is 3.64. The Kier molecular flexibility index (Phi) is 4.82. The molecule has 0 aliphatic carbocycles. The molecule has 0 saturated carbocycles. The molecule has 24 heavy (non-hydrogen) atoms. The molecule has 122 valence electrons. The van der Waals surface area contributed by atoms with Gasteiger partial charge in [0.25, 0.3) is 0 Å². The summed E-state index contributed by atoms with van der Waals surface area (Å²) in [4.78, 5) is 12.2. The molecule has 2 aromatic carbocycles. The maximum Gasteiger partial charge on any atom is 0.323 e. The van der Waals surface area contributed by atoms with Gasteiger partial charge in [-0.3, -0.25) is 4.68 Å². The van der Waals surface area contributed by atoms with Gasteiger partial charge in [-0.2, -0.15) is 5.10 Å². The molecule has 5 nitrogen and oxygen atoms in total. The number of nitrogens with one attached hydrogen (secondary N) is 2. The Morgan fingerprint density at radius 1 is 1.17 bits per heavy atom. The van der Waals surface area contributed by atoms with Gasteiger partial charge < -0.3 is 10.6 Å². The molecule has 0 spiro atoms. The summed E-state index contributed by atoms with van der Waals surface area (Å²) in [6.45, 7) is 2.51. The molecule has 0 unspecified atom stereocenters. The molecule has 3 aromatic rings. The van der Waals surface area contributed by atoms with Crippen molar-refractivity contribution in [3.8, 4) is 0 Å². The third-order valence-corrected chi connectivity index (χ3v) is 4.01. The van der Waals surface area contributed by atoms with E-state index in [1.165, 1.54) is 0 Å². The van der Waals surface area contributed by atoms with Crippen LogP contribution < -0.4 is 10.6 Å². The highest BCUT2D eigenvalue weighted by Gasteiger charge is 2.07. The standard InChI is InChI=1S/C18H17ClN4O/c1-13-16(19)7-3-8-17(13)22-18(24)21-15-6-2-5-14(11-15)12-23-10-4-9-20-23/h2-11H,12H2,1H3,(H2,21,22,24). The summed E-state index contributed by atoms with van der Waals surface area (Å²) >= 11 is 6.07. The number of halogens is 1. The average molecular weight is 341 g/mol. The van der Waals surface area contributed by atoms with E-state index in [-0.39, 0.29) is 6.03 Å². The highest BCUT2D eigenvalue weighted by atomic mass is 35.5. The summed E-state index contributed by atoms with van der Waals surface area (Å²) in [6, 6.07) is 14.6. The largest absolute Gasteiger partial charge is 0.323 e. The lowest BCUT2D eigenvalue weighted by molar-refractivity contribution is 0.262. The van der Waals surface area contributed by atoms with Gasteiger partial charge in [0.15, 0.2) is 0 Å². The van der Waals surface area contributed by atoms with Crippen molar-refractivity contribution in [2.45, 2.75) is 13.5 Å². The van der Waals surface area contributed by atoms with Crippen molar-refractivity contribution in [2.24, 2.45) is 0 Å². The average Bonchev–Trinajstić information content (AvgIpc) is 3.05. The summed E-state index contributed by atoms with van der Waals surface area (Å²) in [5, 5.41) is 10.4. The van der Waals surface area contributed by atoms with Gasteiger partial charge in [0, 0.05) is 28.8 Å². The maximum absolute atomic E-state index is 12.2. The van der Waals surface area contributed by atoms with Crippen molar-refractivity contribution in [1.29, 1.82) is 0 Å². The molecular weight excluding hydrogens is 324 g/mol. The van der Waals surface area contributed by atoms with Gasteiger partial charge in [0.2, 0.25) is 0 Å². The lowest BCUT2D eigenvalue weighted by Crippen LogP contribution is -2.20. The van der Waals surface area contributed by atoms with Crippen molar-refractivity contribution >= 4 is 29.0 Å². The van der Waals surface area contributed by atoms with Crippen molar-refractivity contribution < 1.29 is 4.79 Å². The summed E-state index contributed by atoms with van der Waals surface area (Å²) < 4.78 is 1.83. The summed E-state index contributed by atoms with van der Waals surface area (Å²) in [5.74, 6) is 0. The van der Waals surface area contributed by atoms with E-state index >= 15 is 0 Å². The molecule has 3 rings (SSSR count). The number of carbonyl (C=O) groups excluding carboxylic acids is 1. The summed E-state index contributed by atoms with van der Waals surface area (Å²) in [7, 11) is 0. The Labute approximate surface area is 145 Å². The number of benzene rings is 2. The number of hydrogen-bond donors (Lipinski definition) is 2. The van der Waals surface area contributed by atoms with Gasteiger partial charge in [-0.15, -0.1) is 0 Å². The van der Waals surface area contributed by atoms with Gasteiger partial charge in [0.1, 0.15) is 0 Å². The molecule has 1 aromatic heterocycles. The normalized spacial score (nSPS) is 10.4. The van der Waals surface area contributed by atoms with Crippen LogP contribution in [0.25, 0.3) is 0 Å². The highest BCUT2D eigenvalue weighted by molar-refractivity contribution is 6.31. The van der Waals surface area contributed by atoms with E-state index in [1.807, 2.05) is 54.2 Å². The number of urea groups is 1. The van der Waals surface area contributed by atoms with Crippen LogP contribution in [0, 0.1) is 6.92 Å². The lowest BCUT2D eigenvalue weighted by Gasteiger charge is -2.11. The van der Waals surface area contributed by atoms with E-state index in [0.29, 0.717) is 17.3 Å². The van der Waals surface area contributed by atoms with E-state index in [2.05, 4.69) is 15.7 Å². The van der Waals surface area contributed by atoms with E-state index in [0.717, 1.165) is 16.8 Å². The highest BCUT2D eigenvalue weighted by Crippen LogP contribution is 2.23. The number of hydrogen-bond acceptors (Lipinski definition) is 2. The number of amides is 2. The Hall–Kier alpha value is -2.79. The monoisotopic (exact) mass is 340 g/mol. The number of anilines is 2. The number of carbonyl (C=O) groups is 1. The third-order valence-electron chi connectivity index (χ3n) is 3.60. The maximum atomic E-state index is 12.2. The fourth-order valence-corrected chi connectivity index (χ4v) is 2.53. The van der Waals surface area contributed by atoms with Gasteiger partial charge in [-0.1, -0.05) is 29.8 Å². The molecule has 1 heterocycles. The van der Waals surface area contributed by atoms with Crippen LogP contribution in [-0.4, -0.2) is 15.8 Å². The minimum Gasteiger partial charge on any atom is -0.308 e. The molecule has 6 heteroatoms. The third kappa shape index (κ3) is 3.94. The number of aromatic nitrogens is 2. The second-order valence-electron chi connectivity index (χ2n) is 5.40. The van der Waals surface area contributed by atoms with Crippen molar-refractivity contribution in [2.75, 3.05) is 10.6 Å². The molecule has 0 saturated heterocycles. The Balaban J connectivity index is 1.67. The molecule has 0 fully saturated rings. The van der Waals surface area contributed by atoms with Gasteiger partial charge in [-0.05, 0) is 48.4 Å². The molecule has 0 bridgehead atoms. The zero-order chi connectivity index (χ0) is 16.9. The molecule has 2 amide bonds. The molecule has 2 N–H and O–H groups in total. The molecule has 0 radical (unpaired) electrons. The SMILES string of the molecule is Cc1c(Cl)cccc1NC(=O)Nc1cccc(Cn2cccn2)c1. The first-order valence-electron chi connectivity index (χ1n) is 7.51. The number of rotatable bonds is 4. The van der Waals surface area contributed by atoms with Crippen molar-refractivity contribution in [3.05, 3.63) is 77.1 Å². The van der Waals surface area contributed by atoms with Gasteiger partial charge in [-0.25, -0.2) is 4.79 Å². The fourth-order valence-electron chi connectivity index (χ4n) is 2.36. The van der Waals surface area contributed by atoms with Crippen molar-refractivity contribution in [1.82, 2.24) is 9.78 Å². The molecule has 0 aliphatic heterocycles. The van der Waals surface area contributed by atoms with Crippen LogP contribution in [0.1, 0.15) is 11.1 Å². The van der Waals surface area contributed by atoms with Crippen LogP contribution in [0.5, 0.6) is 0 Å². The summed E-state index contributed by atoms with van der Waals surface area (Å²) in [5.41, 5.74) is 3.29. The topological polar surface area (TPSA) is 59.0 Å². The van der Waals surface area contributed by atoms with Crippen LogP contribution in [0.2, 0.25) is 5.02 Å². The molecule has 0 aliphatic rings. The first kappa shape index (κ1) is 16.1. The molecule has 0 atom stereocenters. The predicted molar refractivity (Wildman–Crippen MR) is 96.6 cm³/mol.